The molecule has 1 aromatic rings. The first-order chi connectivity index (χ1) is 7.47. The summed E-state index contributed by atoms with van der Waals surface area (Å²) in [6, 6.07) is 9.31. The molecule has 0 aliphatic heterocycles. The predicted octanol–water partition coefficient (Wildman–Crippen LogP) is 1.13. The highest BCUT2D eigenvalue weighted by atomic mass is 31.2. The van der Waals surface area contributed by atoms with Crippen LogP contribution >= 0.6 is 7.60 Å². The van der Waals surface area contributed by atoms with E-state index >= 15 is 0 Å². The van der Waals surface area contributed by atoms with Crippen molar-refractivity contribution >= 4 is 7.60 Å². The van der Waals surface area contributed by atoms with Crippen molar-refractivity contribution in [1.29, 1.82) is 0 Å². The average Bonchev–Trinajstić information content (AvgIpc) is 2.16. The summed E-state index contributed by atoms with van der Waals surface area (Å²) in [5.74, 6) is 0.757. The molecule has 5 nitrogen and oxygen atoms in total. The molecule has 1 rings (SSSR count). The third kappa shape index (κ3) is 5.88. The van der Waals surface area contributed by atoms with Crippen LogP contribution < -0.4 is 4.74 Å². The van der Waals surface area contributed by atoms with Crippen LogP contribution in [0.4, 0.5) is 0 Å². The fourth-order valence-electron chi connectivity index (χ4n) is 1.22. The topological polar surface area (TPSA) is 70.0 Å². The summed E-state index contributed by atoms with van der Waals surface area (Å²) in [6.45, 7) is 0.876. The molecular formula is C10H16NO4P. The Hall–Kier alpha value is -0.870. The van der Waals surface area contributed by atoms with Crippen LogP contribution in [0.15, 0.2) is 30.3 Å². The van der Waals surface area contributed by atoms with Crippen LogP contribution in [0.3, 0.4) is 0 Å². The third-order valence-corrected chi connectivity index (χ3v) is 2.76. The minimum Gasteiger partial charge on any atom is -0.492 e. The Balaban J connectivity index is 2.23. The largest absolute Gasteiger partial charge is 0.492 e. The summed E-state index contributed by atoms with van der Waals surface area (Å²) in [5, 5.41) is 0. The van der Waals surface area contributed by atoms with Crippen molar-refractivity contribution in [2.75, 3.05) is 26.5 Å². The third-order valence-electron chi connectivity index (χ3n) is 1.91. The SMILES string of the molecule is CN(CCOc1ccccc1)CP(=O)(O)O. The lowest BCUT2D eigenvalue weighted by Crippen LogP contribution is -2.25. The maximum absolute atomic E-state index is 10.7. The van der Waals surface area contributed by atoms with E-state index in [1.165, 1.54) is 0 Å². The number of ether oxygens (including phenoxy) is 1. The standard InChI is InChI=1S/C10H16NO4P/c1-11(9-16(12,13)14)7-8-15-10-5-3-2-4-6-10/h2-6H,7-9H2,1H3,(H2,12,13,14). The van der Waals surface area contributed by atoms with Crippen molar-refractivity contribution in [3.63, 3.8) is 0 Å². The van der Waals surface area contributed by atoms with Gasteiger partial charge in [-0.1, -0.05) is 18.2 Å². The van der Waals surface area contributed by atoms with E-state index in [9.17, 15) is 4.57 Å². The van der Waals surface area contributed by atoms with Gasteiger partial charge < -0.3 is 14.5 Å². The van der Waals surface area contributed by atoms with Gasteiger partial charge in [-0.2, -0.15) is 0 Å². The highest BCUT2D eigenvalue weighted by Crippen LogP contribution is 2.34. The number of nitrogens with zero attached hydrogens (tertiary/aromatic N) is 1. The monoisotopic (exact) mass is 245 g/mol. The van der Waals surface area contributed by atoms with Crippen LogP contribution in [0.25, 0.3) is 0 Å². The lowest BCUT2D eigenvalue weighted by molar-refractivity contribution is 0.243. The number of rotatable bonds is 6. The van der Waals surface area contributed by atoms with Gasteiger partial charge in [0.25, 0.3) is 0 Å². The van der Waals surface area contributed by atoms with Gasteiger partial charge in [0.05, 0.1) is 0 Å². The first kappa shape index (κ1) is 13.2. The molecule has 0 amide bonds. The Morgan fingerprint density at radius 3 is 2.50 bits per heavy atom. The number of benzene rings is 1. The Morgan fingerprint density at radius 2 is 1.94 bits per heavy atom. The van der Waals surface area contributed by atoms with Gasteiger partial charge in [0.1, 0.15) is 18.6 Å². The molecule has 0 bridgehead atoms. The second kappa shape index (κ2) is 6.01. The van der Waals surface area contributed by atoms with Crippen LogP contribution in [-0.2, 0) is 4.57 Å². The van der Waals surface area contributed by atoms with E-state index in [0.29, 0.717) is 13.2 Å². The van der Waals surface area contributed by atoms with E-state index in [4.69, 9.17) is 14.5 Å². The van der Waals surface area contributed by atoms with E-state index in [1.807, 2.05) is 30.3 Å². The number of hydrogen-bond acceptors (Lipinski definition) is 3. The summed E-state index contributed by atoms with van der Waals surface area (Å²) in [4.78, 5) is 19.0. The Bertz CT molecular complexity index is 351. The van der Waals surface area contributed by atoms with E-state index in [2.05, 4.69) is 0 Å². The van der Waals surface area contributed by atoms with Crippen LogP contribution in [0, 0.1) is 0 Å². The smallest absolute Gasteiger partial charge is 0.339 e. The zero-order valence-electron chi connectivity index (χ0n) is 9.11. The van der Waals surface area contributed by atoms with Gasteiger partial charge in [0.15, 0.2) is 0 Å². The Kier molecular flexibility index (Phi) is 4.96. The molecule has 16 heavy (non-hydrogen) atoms. The summed E-state index contributed by atoms with van der Waals surface area (Å²) < 4.78 is 16.1. The minimum absolute atomic E-state index is 0.245. The van der Waals surface area contributed by atoms with E-state index in [0.717, 1.165) is 5.75 Å². The zero-order valence-corrected chi connectivity index (χ0v) is 10.0. The molecule has 90 valence electrons. The molecular weight excluding hydrogens is 229 g/mol. The van der Waals surface area contributed by atoms with E-state index < -0.39 is 7.60 Å². The molecule has 0 saturated heterocycles. The van der Waals surface area contributed by atoms with E-state index in [1.54, 1.807) is 11.9 Å². The van der Waals surface area contributed by atoms with Gasteiger partial charge in [-0.25, -0.2) is 0 Å². The molecule has 1 aromatic carbocycles. The average molecular weight is 245 g/mol. The van der Waals surface area contributed by atoms with Crippen molar-refractivity contribution < 1.29 is 19.1 Å². The fourth-order valence-corrected chi connectivity index (χ4v) is 1.99. The van der Waals surface area contributed by atoms with Crippen LogP contribution in [0.1, 0.15) is 0 Å². The maximum Gasteiger partial charge on any atom is 0.339 e. The highest BCUT2D eigenvalue weighted by Gasteiger charge is 2.15. The molecule has 0 radical (unpaired) electrons. The number of likely N-dealkylation sites (N-methyl/N-ethyl adjacent to an activating group) is 1. The second-order valence-corrected chi connectivity index (χ2v) is 5.16. The van der Waals surface area contributed by atoms with Gasteiger partial charge >= 0.3 is 7.60 Å². The molecule has 0 aromatic heterocycles. The highest BCUT2D eigenvalue weighted by molar-refractivity contribution is 7.51. The predicted molar refractivity (Wildman–Crippen MR) is 61.5 cm³/mol. The second-order valence-electron chi connectivity index (χ2n) is 3.55. The minimum atomic E-state index is -3.96. The molecule has 0 spiro atoms. The first-order valence-electron chi connectivity index (χ1n) is 4.88. The summed E-state index contributed by atoms with van der Waals surface area (Å²) in [5.41, 5.74) is 0. The quantitative estimate of drug-likeness (QED) is 0.735. The van der Waals surface area contributed by atoms with Gasteiger partial charge in [-0.15, -0.1) is 0 Å². The lowest BCUT2D eigenvalue weighted by atomic mass is 10.3. The summed E-state index contributed by atoms with van der Waals surface area (Å²) in [6.07, 6.45) is -0.245. The van der Waals surface area contributed by atoms with Gasteiger partial charge in [-0.3, -0.25) is 9.46 Å². The molecule has 0 unspecified atom stereocenters. The van der Waals surface area contributed by atoms with Crippen molar-refractivity contribution in [2.24, 2.45) is 0 Å². The molecule has 0 aliphatic rings. The van der Waals surface area contributed by atoms with E-state index in [-0.39, 0.29) is 6.29 Å². The zero-order chi connectivity index (χ0) is 12.0. The molecule has 0 atom stereocenters. The summed E-state index contributed by atoms with van der Waals surface area (Å²) >= 11 is 0. The summed E-state index contributed by atoms with van der Waals surface area (Å²) in [7, 11) is -2.32. The number of hydrogen-bond donors (Lipinski definition) is 2. The normalized spacial score (nSPS) is 11.8. The van der Waals surface area contributed by atoms with Crippen molar-refractivity contribution in [1.82, 2.24) is 4.90 Å². The van der Waals surface area contributed by atoms with Crippen molar-refractivity contribution in [2.45, 2.75) is 0 Å². The van der Waals surface area contributed by atoms with Gasteiger partial charge in [0, 0.05) is 6.54 Å². The van der Waals surface area contributed by atoms with Crippen LogP contribution in [0.2, 0.25) is 0 Å². The Morgan fingerprint density at radius 1 is 1.31 bits per heavy atom. The molecule has 2 N–H and O–H groups in total. The van der Waals surface area contributed by atoms with Gasteiger partial charge in [0.2, 0.25) is 0 Å². The molecule has 6 heteroatoms. The molecule has 0 fully saturated rings. The number of para-hydroxylation sites is 1. The Labute approximate surface area is 94.8 Å². The van der Waals surface area contributed by atoms with Crippen LogP contribution in [-0.4, -0.2) is 41.2 Å². The van der Waals surface area contributed by atoms with Crippen molar-refractivity contribution in [3.8, 4) is 5.75 Å². The van der Waals surface area contributed by atoms with Gasteiger partial charge in [-0.05, 0) is 19.2 Å². The van der Waals surface area contributed by atoms with Crippen molar-refractivity contribution in [3.05, 3.63) is 30.3 Å². The lowest BCUT2D eigenvalue weighted by Gasteiger charge is -2.17. The molecule has 0 heterocycles. The molecule has 0 saturated carbocycles. The first-order valence-corrected chi connectivity index (χ1v) is 6.68. The maximum atomic E-state index is 10.7. The molecule has 0 aliphatic carbocycles. The fraction of sp³-hybridized carbons (Fsp3) is 0.400. The van der Waals surface area contributed by atoms with Crippen LogP contribution in [0.5, 0.6) is 5.75 Å².